The Morgan fingerprint density at radius 2 is 1.63 bits per heavy atom. The van der Waals surface area contributed by atoms with Crippen LogP contribution in [0.1, 0.15) is 16.7 Å². The van der Waals surface area contributed by atoms with Crippen LogP contribution in [0.25, 0.3) is 0 Å². The second kappa shape index (κ2) is 6.42. The normalized spacial score (nSPS) is 12.4. The Morgan fingerprint density at radius 1 is 0.947 bits per heavy atom. The van der Waals surface area contributed by atoms with Gasteiger partial charge in [-0.2, -0.15) is 0 Å². The van der Waals surface area contributed by atoms with Gasteiger partial charge in [0, 0.05) is 6.04 Å². The van der Waals surface area contributed by atoms with E-state index in [1.54, 1.807) is 0 Å². The number of hydrogen-bond acceptors (Lipinski definition) is 1. The fourth-order valence-corrected chi connectivity index (χ4v) is 2.50. The van der Waals surface area contributed by atoms with Crippen molar-refractivity contribution in [2.45, 2.75) is 25.8 Å². The molecule has 19 heavy (non-hydrogen) atoms. The second-order valence-electron chi connectivity index (χ2n) is 4.91. The molecule has 2 aromatic carbocycles. The Labute approximate surface area is 124 Å². The van der Waals surface area contributed by atoms with Gasteiger partial charge in [-0.3, -0.25) is 0 Å². The Hall–Kier alpha value is -1.02. The highest BCUT2D eigenvalue weighted by Crippen LogP contribution is 2.23. The molecule has 0 aromatic heterocycles. The van der Waals surface area contributed by atoms with Gasteiger partial charge in [0.2, 0.25) is 0 Å². The lowest BCUT2D eigenvalue weighted by molar-refractivity contribution is 0.664. The Kier molecular flexibility index (Phi) is 4.87. The van der Waals surface area contributed by atoms with Gasteiger partial charge in [-0.1, -0.05) is 59.1 Å². The maximum absolute atomic E-state index is 6.20. The van der Waals surface area contributed by atoms with E-state index >= 15 is 0 Å². The Bertz CT molecular complexity index is 566. The molecule has 0 aliphatic heterocycles. The van der Waals surface area contributed by atoms with Crippen LogP contribution in [0, 0.1) is 6.92 Å². The zero-order chi connectivity index (χ0) is 13.8. The molecule has 1 unspecified atom stereocenters. The van der Waals surface area contributed by atoms with Crippen molar-refractivity contribution >= 4 is 23.2 Å². The van der Waals surface area contributed by atoms with E-state index in [4.69, 9.17) is 28.9 Å². The minimum atomic E-state index is 0.0824. The topological polar surface area (TPSA) is 26.0 Å². The molecule has 100 valence electrons. The highest BCUT2D eigenvalue weighted by atomic mass is 35.5. The van der Waals surface area contributed by atoms with Gasteiger partial charge in [0.1, 0.15) is 0 Å². The van der Waals surface area contributed by atoms with Crippen LogP contribution < -0.4 is 5.73 Å². The van der Waals surface area contributed by atoms with Crippen molar-refractivity contribution in [3.8, 4) is 0 Å². The molecular weight excluding hydrogens is 277 g/mol. The van der Waals surface area contributed by atoms with Gasteiger partial charge in [0.15, 0.2) is 0 Å². The average molecular weight is 294 g/mol. The number of hydrogen-bond donors (Lipinski definition) is 1. The summed E-state index contributed by atoms with van der Waals surface area (Å²) in [5.41, 5.74) is 9.85. The van der Waals surface area contributed by atoms with Crippen LogP contribution in [0.2, 0.25) is 10.0 Å². The molecular formula is C16H17Cl2N. The van der Waals surface area contributed by atoms with Crippen molar-refractivity contribution < 1.29 is 0 Å². The van der Waals surface area contributed by atoms with Crippen LogP contribution in [-0.4, -0.2) is 6.04 Å². The standard InChI is InChI=1S/C16H17Cl2N/c1-11-3-2-4-12(7-11)8-14(19)9-13-5-6-15(17)16(18)10-13/h2-7,10,14H,8-9,19H2,1H3. The van der Waals surface area contributed by atoms with Crippen LogP contribution in [0.3, 0.4) is 0 Å². The van der Waals surface area contributed by atoms with Crippen LogP contribution in [0.15, 0.2) is 42.5 Å². The molecule has 3 heteroatoms. The van der Waals surface area contributed by atoms with Crippen LogP contribution in [0.5, 0.6) is 0 Å². The zero-order valence-corrected chi connectivity index (χ0v) is 12.4. The van der Waals surface area contributed by atoms with E-state index in [9.17, 15) is 0 Å². The van der Waals surface area contributed by atoms with E-state index < -0.39 is 0 Å². The monoisotopic (exact) mass is 293 g/mol. The predicted octanol–water partition coefficient (Wildman–Crippen LogP) is 4.41. The highest BCUT2D eigenvalue weighted by Gasteiger charge is 2.07. The van der Waals surface area contributed by atoms with Gasteiger partial charge in [0.05, 0.1) is 10.0 Å². The van der Waals surface area contributed by atoms with E-state index in [0.29, 0.717) is 10.0 Å². The lowest BCUT2D eigenvalue weighted by Gasteiger charge is -2.12. The zero-order valence-electron chi connectivity index (χ0n) is 10.9. The van der Waals surface area contributed by atoms with Crippen molar-refractivity contribution in [3.63, 3.8) is 0 Å². The summed E-state index contributed by atoms with van der Waals surface area (Å²) in [6.45, 7) is 2.09. The second-order valence-corrected chi connectivity index (χ2v) is 5.72. The van der Waals surface area contributed by atoms with Crippen molar-refractivity contribution in [3.05, 3.63) is 69.2 Å². The van der Waals surface area contributed by atoms with Crippen molar-refractivity contribution in [2.24, 2.45) is 5.73 Å². The molecule has 0 saturated carbocycles. The van der Waals surface area contributed by atoms with Gasteiger partial charge in [-0.15, -0.1) is 0 Å². The molecule has 0 bridgehead atoms. The first kappa shape index (κ1) is 14.4. The molecule has 0 saturated heterocycles. The van der Waals surface area contributed by atoms with Gasteiger partial charge >= 0.3 is 0 Å². The molecule has 0 aliphatic carbocycles. The first-order valence-electron chi connectivity index (χ1n) is 6.29. The maximum Gasteiger partial charge on any atom is 0.0595 e. The summed E-state index contributed by atoms with van der Waals surface area (Å²) in [6, 6.07) is 14.2. The molecule has 0 aliphatic rings. The SMILES string of the molecule is Cc1cccc(CC(N)Cc2ccc(Cl)c(Cl)c2)c1. The molecule has 0 radical (unpaired) electrons. The highest BCUT2D eigenvalue weighted by molar-refractivity contribution is 6.42. The molecule has 1 nitrogen and oxygen atoms in total. The first-order chi connectivity index (χ1) is 9.04. The fraction of sp³-hybridized carbons (Fsp3) is 0.250. The average Bonchev–Trinajstić information content (AvgIpc) is 2.34. The summed E-state index contributed by atoms with van der Waals surface area (Å²) in [4.78, 5) is 0. The van der Waals surface area contributed by atoms with Gasteiger partial charge in [-0.25, -0.2) is 0 Å². The number of benzene rings is 2. The molecule has 0 heterocycles. The molecule has 2 aromatic rings. The van der Waals surface area contributed by atoms with E-state index in [-0.39, 0.29) is 6.04 Å². The minimum Gasteiger partial charge on any atom is -0.327 e. The van der Waals surface area contributed by atoms with E-state index in [0.717, 1.165) is 18.4 Å². The third-order valence-electron chi connectivity index (χ3n) is 3.06. The summed E-state index contributed by atoms with van der Waals surface area (Å²) in [6.07, 6.45) is 1.66. The van der Waals surface area contributed by atoms with Crippen molar-refractivity contribution in [2.75, 3.05) is 0 Å². The Balaban J connectivity index is 2.01. The summed E-state index contributed by atoms with van der Waals surface area (Å²) in [5.74, 6) is 0. The molecule has 0 spiro atoms. The van der Waals surface area contributed by atoms with Crippen molar-refractivity contribution in [1.29, 1.82) is 0 Å². The van der Waals surface area contributed by atoms with E-state index in [2.05, 4.69) is 31.2 Å². The molecule has 0 amide bonds. The van der Waals surface area contributed by atoms with Gasteiger partial charge in [0.25, 0.3) is 0 Å². The Morgan fingerprint density at radius 3 is 2.26 bits per heavy atom. The summed E-state index contributed by atoms with van der Waals surface area (Å²) < 4.78 is 0. The third-order valence-corrected chi connectivity index (χ3v) is 3.80. The minimum absolute atomic E-state index is 0.0824. The molecule has 0 fully saturated rings. The van der Waals surface area contributed by atoms with Crippen LogP contribution >= 0.6 is 23.2 Å². The molecule has 2 rings (SSSR count). The molecule has 1 atom stereocenters. The summed E-state index contributed by atoms with van der Waals surface area (Å²) >= 11 is 11.9. The van der Waals surface area contributed by atoms with Gasteiger partial charge < -0.3 is 5.73 Å². The quantitative estimate of drug-likeness (QED) is 0.887. The molecule has 2 N–H and O–H groups in total. The number of nitrogens with two attached hydrogens (primary N) is 1. The van der Waals surface area contributed by atoms with Crippen molar-refractivity contribution in [1.82, 2.24) is 0 Å². The van der Waals surface area contributed by atoms with E-state index in [1.807, 2.05) is 18.2 Å². The number of rotatable bonds is 4. The van der Waals surface area contributed by atoms with Crippen LogP contribution in [-0.2, 0) is 12.8 Å². The number of halogens is 2. The predicted molar refractivity (Wildman–Crippen MR) is 83.0 cm³/mol. The van der Waals surface area contributed by atoms with Crippen LogP contribution in [0.4, 0.5) is 0 Å². The van der Waals surface area contributed by atoms with E-state index in [1.165, 1.54) is 11.1 Å². The summed E-state index contributed by atoms with van der Waals surface area (Å²) in [5, 5.41) is 1.17. The lowest BCUT2D eigenvalue weighted by Crippen LogP contribution is -2.25. The summed E-state index contributed by atoms with van der Waals surface area (Å²) in [7, 11) is 0. The number of aryl methyl sites for hydroxylation is 1. The largest absolute Gasteiger partial charge is 0.327 e. The lowest BCUT2D eigenvalue weighted by atomic mass is 9.99. The first-order valence-corrected chi connectivity index (χ1v) is 7.05. The maximum atomic E-state index is 6.20. The smallest absolute Gasteiger partial charge is 0.0595 e. The fourth-order valence-electron chi connectivity index (χ4n) is 2.18. The third kappa shape index (κ3) is 4.24. The van der Waals surface area contributed by atoms with Gasteiger partial charge in [-0.05, 0) is 43.0 Å².